The maximum absolute atomic E-state index is 14.1. The first-order valence-corrected chi connectivity index (χ1v) is 6.56. The van der Waals surface area contributed by atoms with Crippen molar-refractivity contribution in [3.63, 3.8) is 0 Å². The largest absolute Gasteiger partial charge is 0.399 e. The molecule has 0 saturated carbocycles. The molecule has 0 bridgehead atoms. The van der Waals surface area contributed by atoms with Crippen molar-refractivity contribution in [3.8, 4) is 0 Å². The van der Waals surface area contributed by atoms with Crippen LogP contribution in [0.15, 0.2) is 29.4 Å². The molecule has 2 aromatic rings. The molecular weight excluding hydrogens is 295 g/mol. The minimum atomic E-state index is -2.71. The molecule has 1 aliphatic heterocycles. The van der Waals surface area contributed by atoms with Crippen LogP contribution in [0.3, 0.4) is 0 Å². The number of nitrogens with two attached hydrogens (primary N) is 2. The summed E-state index contributed by atoms with van der Waals surface area (Å²) in [6.45, 7) is 1.81. The van der Waals surface area contributed by atoms with E-state index in [9.17, 15) is 13.2 Å². The SMILES string of the molecule is CC1(c2cc(N)ccc2F)Cn2cc(C(F)F)nc2C(N)=N1. The predicted molar refractivity (Wildman–Crippen MR) is 76.1 cm³/mol. The topological polar surface area (TPSA) is 82.2 Å². The summed E-state index contributed by atoms with van der Waals surface area (Å²) in [5, 5.41) is 0. The highest BCUT2D eigenvalue weighted by Gasteiger charge is 2.36. The molecule has 8 heteroatoms. The van der Waals surface area contributed by atoms with Crippen LogP contribution < -0.4 is 11.5 Å². The highest BCUT2D eigenvalue weighted by Crippen LogP contribution is 2.35. The van der Waals surface area contributed by atoms with Gasteiger partial charge in [0.25, 0.3) is 6.43 Å². The average Bonchev–Trinajstić information content (AvgIpc) is 2.85. The zero-order chi connectivity index (χ0) is 16.1. The Bertz CT molecular complexity index is 768. The van der Waals surface area contributed by atoms with Crippen LogP contribution in [0.2, 0.25) is 0 Å². The number of aliphatic imine (C=N–C) groups is 1. The van der Waals surface area contributed by atoms with Crippen molar-refractivity contribution in [1.29, 1.82) is 0 Å². The minimum absolute atomic E-state index is 0.0116. The van der Waals surface area contributed by atoms with Gasteiger partial charge in [0.1, 0.15) is 17.1 Å². The van der Waals surface area contributed by atoms with Crippen LogP contribution in [0, 0.1) is 5.82 Å². The number of benzene rings is 1. The second kappa shape index (κ2) is 4.75. The maximum Gasteiger partial charge on any atom is 0.281 e. The third-order valence-electron chi connectivity index (χ3n) is 3.66. The zero-order valence-electron chi connectivity index (χ0n) is 11.7. The lowest BCUT2D eigenvalue weighted by atomic mass is 9.90. The Kier molecular flexibility index (Phi) is 3.12. The number of aromatic nitrogens is 2. The lowest BCUT2D eigenvalue weighted by molar-refractivity contribution is 0.146. The summed E-state index contributed by atoms with van der Waals surface area (Å²) in [6.07, 6.45) is -1.49. The van der Waals surface area contributed by atoms with E-state index in [1.54, 1.807) is 6.92 Å². The Labute approximate surface area is 124 Å². The number of anilines is 1. The van der Waals surface area contributed by atoms with Crippen LogP contribution in [-0.4, -0.2) is 15.4 Å². The standard InChI is InChI=1S/C14H14F3N5/c1-14(8-4-7(18)2-3-9(8)15)6-22-5-10(11(16)17)20-13(22)12(19)21-14/h2-5,11H,6,18H2,1H3,(H2,19,21). The molecule has 1 aliphatic rings. The number of rotatable bonds is 2. The number of amidine groups is 1. The monoisotopic (exact) mass is 309 g/mol. The summed E-state index contributed by atoms with van der Waals surface area (Å²) in [7, 11) is 0. The third kappa shape index (κ3) is 2.20. The Morgan fingerprint density at radius 1 is 1.32 bits per heavy atom. The highest BCUT2D eigenvalue weighted by molar-refractivity contribution is 5.95. The van der Waals surface area contributed by atoms with E-state index in [0.29, 0.717) is 5.69 Å². The van der Waals surface area contributed by atoms with Crippen LogP contribution in [0.4, 0.5) is 18.9 Å². The molecule has 1 unspecified atom stereocenters. The molecule has 5 nitrogen and oxygen atoms in total. The van der Waals surface area contributed by atoms with Crippen LogP contribution in [0.25, 0.3) is 0 Å². The van der Waals surface area contributed by atoms with Gasteiger partial charge in [-0.05, 0) is 25.1 Å². The van der Waals surface area contributed by atoms with Crippen LogP contribution in [-0.2, 0) is 12.1 Å². The Hall–Kier alpha value is -2.51. The minimum Gasteiger partial charge on any atom is -0.399 e. The molecule has 22 heavy (non-hydrogen) atoms. The number of hydrogen-bond acceptors (Lipinski definition) is 4. The Morgan fingerprint density at radius 3 is 2.73 bits per heavy atom. The van der Waals surface area contributed by atoms with Crippen molar-refractivity contribution >= 4 is 11.5 Å². The molecule has 4 N–H and O–H groups in total. The van der Waals surface area contributed by atoms with Gasteiger partial charge in [-0.2, -0.15) is 0 Å². The van der Waals surface area contributed by atoms with Gasteiger partial charge in [-0.25, -0.2) is 18.2 Å². The highest BCUT2D eigenvalue weighted by atomic mass is 19.3. The summed E-state index contributed by atoms with van der Waals surface area (Å²) in [5.74, 6) is -0.328. The molecule has 0 fully saturated rings. The van der Waals surface area contributed by atoms with Gasteiger partial charge in [-0.1, -0.05) is 0 Å². The molecule has 0 amide bonds. The Morgan fingerprint density at radius 2 is 2.05 bits per heavy atom. The second-order valence-corrected chi connectivity index (χ2v) is 5.43. The first-order valence-electron chi connectivity index (χ1n) is 6.56. The number of fused-ring (bicyclic) bond motifs is 1. The molecule has 1 aromatic heterocycles. The van der Waals surface area contributed by atoms with E-state index in [2.05, 4.69) is 9.98 Å². The van der Waals surface area contributed by atoms with E-state index in [-0.39, 0.29) is 29.5 Å². The van der Waals surface area contributed by atoms with Crippen LogP contribution in [0.5, 0.6) is 0 Å². The van der Waals surface area contributed by atoms with Gasteiger partial charge >= 0.3 is 0 Å². The van der Waals surface area contributed by atoms with Crippen molar-refractivity contribution < 1.29 is 13.2 Å². The zero-order valence-corrected chi connectivity index (χ0v) is 11.7. The van der Waals surface area contributed by atoms with E-state index in [0.717, 1.165) is 0 Å². The predicted octanol–water partition coefficient (Wildman–Crippen LogP) is 2.18. The van der Waals surface area contributed by atoms with Crippen molar-refractivity contribution in [1.82, 2.24) is 9.55 Å². The van der Waals surface area contributed by atoms with Crippen LogP contribution in [0.1, 0.15) is 30.4 Å². The van der Waals surface area contributed by atoms with Gasteiger partial charge in [0, 0.05) is 17.4 Å². The number of imidazole rings is 1. The van der Waals surface area contributed by atoms with Gasteiger partial charge in [0.05, 0.1) is 6.54 Å². The van der Waals surface area contributed by atoms with E-state index in [1.165, 1.54) is 29.0 Å². The first kappa shape index (κ1) is 14.4. The molecule has 0 radical (unpaired) electrons. The number of hydrogen-bond donors (Lipinski definition) is 2. The fourth-order valence-corrected chi connectivity index (χ4v) is 2.65. The van der Waals surface area contributed by atoms with E-state index < -0.39 is 17.8 Å². The van der Waals surface area contributed by atoms with Crippen molar-refractivity contribution in [2.24, 2.45) is 10.7 Å². The molecule has 116 valence electrons. The van der Waals surface area contributed by atoms with Crippen LogP contribution >= 0.6 is 0 Å². The average molecular weight is 309 g/mol. The number of halogens is 3. The van der Waals surface area contributed by atoms with E-state index in [1.807, 2.05) is 0 Å². The van der Waals surface area contributed by atoms with E-state index >= 15 is 0 Å². The third-order valence-corrected chi connectivity index (χ3v) is 3.66. The first-order chi connectivity index (χ1) is 10.3. The molecular formula is C14H14F3N5. The van der Waals surface area contributed by atoms with Crippen molar-refractivity contribution in [2.75, 3.05) is 5.73 Å². The fourth-order valence-electron chi connectivity index (χ4n) is 2.65. The molecule has 0 spiro atoms. The molecule has 2 heterocycles. The van der Waals surface area contributed by atoms with Gasteiger partial charge in [0.15, 0.2) is 11.7 Å². The summed E-state index contributed by atoms with van der Waals surface area (Å²) in [4.78, 5) is 8.04. The number of nitrogen functional groups attached to an aromatic ring is 1. The summed E-state index contributed by atoms with van der Waals surface area (Å²) >= 11 is 0. The molecule has 3 rings (SSSR count). The normalized spacial score (nSPS) is 20.9. The molecule has 1 atom stereocenters. The number of nitrogens with zero attached hydrogens (tertiary/aromatic N) is 3. The summed E-state index contributed by atoms with van der Waals surface area (Å²) in [6, 6.07) is 4.16. The van der Waals surface area contributed by atoms with Crippen molar-refractivity contribution in [2.45, 2.75) is 25.4 Å². The maximum atomic E-state index is 14.1. The molecule has 0 aliphatic carbocycles. The Balaban J connectivity index is 2.10. The lowest BCUT2D eigenvalue weighted by Gasteiger charge is -2.31. The summed E-state index contributed by atoms with van der Waals surface area (Å²) < 4.78 is 41.2. The lowest BCUT2D eigenvalue weighted by Crippen LogP contribution is -2.37. The smallest absolute Gasteiger partial charge is 0.281 e. The number of alkyl halides is 2. The van der Waals surface area contributed by atoms with Gasteiger partial charge in [-0.15, -0.1) is 0 Å². The molecule has 1 aromatic carbocycles. The van der Waals surface area contributed by atoms with Crippen molar-refractivity contribution in [3.05, 3.63) is 47.3 Å². The summed E-state index contributed by atoms with van der Waals surface area (Å²) in [5.41, 5.74) is 10.7. The van der Waals surface area contributed by atoms with Gasteiger partial charge in [0.2, 0.25) is 0 Å². The quantitative estimate of drug-likeness (QED) is 0.834. The van der Waals surface area contributed by atoms with E-state index in [4.69, 9.17) is 11.5 Å². The second-order valence-electron chi connectivity index (χ2n) is 5.43. The van der Waals surface area contributed by atoms with Gasteiger partial charge < -0.3 is 16.0 Å². The van der Waals surface area contributed by atoms with Gasteiger partial charge in [-0.3, -0.25) is 4.99 Å². The molecule has 0 saturated heterocycles. The fraction of sp³-hybridized carbons (Fsp3) is 0.286.